The molecule has 8 heteroatoms. The average Bonchev–Trinajstić information content (AvgIpc) is 3.28. The molecular formula is C25H28FN5O2. The molecular weight excluding hydrogens is 421 g/mol. The summed E-state index contributed by atoms with van der Waals surface area (Å²) in [7, 11) is 2.07. The third-order valence-corrected chi connectivity index (χ3v) is 6.49. The molecule has 2 aromatic heterocycles. The first-order valence-corrected chi connectivity index (χ1v) is 11.5. The molecule has 0 unspecified atom stereocenters. The van der Waals surface area contributed by atoms with Crippen LogP contribution in [-0.2, 0) is 6.54 Å². The van der Waals surface area contributed by atoms with Gasteiger partial charge in [-0.25, -0.2) is 14.4 Å². The van der Waals surface area contributed by atoms with Crippen molar-refractivity contribution in [1.29, 1.82) is 0 Å². The van der Waals surface area contributed by atoms with E-state index in [0.29, 0.717) is 29.2 Å². The Bertz CT molecular complexity index is 1150. The van der Waals surface area contributed by atoms with Crippen molar-refractivity contribution in [2.24, 2.45) is 0 Å². The zero-order valence-electron chi connectivity index (χ0n) is 18.8. The summed E-state index contributed by atoms with van der Waals surface area (Å²) in [5, 5.41) is 2.87. The molecule has 0 radical (unpaired) electrons. The number of fused-ring (bicyclic) bond motifs is 5. The molecule has 1 fully saturated rings. The number of likely N-dealkylation sites (tertiary alicyclic amines) is 1. The van der Waals surface area contributed by atoms with Crippen LogP contribution in [-0.4, -0.2) is 52.1 Å². The van der Waals surface area contributed by atoms with Gasteiger partial charge in [-0.15, -0.1) is 0 Å². The standard InChI is InChI=1S/C25H28FN5O2/c1-30-11-7-17(8-12-30)18-15-19-22(16-20(18)26)33-14-3-2-10-31-13-9-27-24(31)21-5-4-6-23(28-21)29-25(19)32/h4-6,9,13,15-17H,2-3,7-8,10-12,14H2,1H3,(H,28,29,32). The van der Waals surface area contributed by atoms with Crippen molar-refractivity contribution in [3.8, 4) is 17.3 Å². The van der Waals surface area contributed by atoms with Gasteiger partial charge in [-0.3, -0.25) is 4.79 Å². The van der Waals surface area contributed by atoms with Crippen LogP contribution in [0, 0.1) is 5.82 Å². The Morgan fingerprint density at radius 1 is 1.15 bits per heavy atom. The highest BCUT2D eigenvalue weighted by atomic mass is 19.1. The Hall–Kier alpha value is -3.26. The van der Waals surface area contributed by atoms with Gasteiger partial charge in [0, 0.05) is 25.0 Å². The van der Waals surface area contributed by atoms with Gasteiger partial charge in [0.15, 0.2) is 5.82 Å². The number of nitrogens with one attached hydrogen (secondary N) is 1. The second-order valence-electron chi connectivity index (χ2n) is 8.81. The minimum atomic E-state index is -0.357. The lowest BCUT2D eigenvalue weighted by molar-refractivity contribution is 0.102. The molecule has 1 saturated heterocycles. The maximum Gasteiger partial charge on any atom is 0.260 e. The van der Waals surface area contributed by atoms with E-state index in [1.54, 1.807) is 18.3 Å². The molecule has 33 heavy (non-hydrogen) atoms. The zero-order chi connectivity index (χ0) is 22.8. The van der Waals surface area contributed by atoms with Crippen LogP contribution < -0.4 is 10.1 Å². The Morgan fingerprint density at radius 2 is 2.00 bits per heavy atom. The van der Waals surface area contributed by atoms with E-state index in [9.17, 15) is 4.79 Å². The number of pyridine rings is 1. The van der Waals surface area contributed by atoms with Crippen LogP contribution >= 0.6 is 0 Å². The number of hydrogen-bond acceptors (Lipinski definition) is 5. The third kappa shape index (κ3) is 4.61. The van der Waals surface area contributed by atoms with E-state index in [1.807, 2.05) is 22.9 Å². The van der Waals surface area contributed by atoms with Crippen molar-refractivity contribution in [1.82, 2.24) is 19.4 Å². The van der Waals surface area contributed by atoms with Crippen molar-refractivity contribution in [2.75, 3.05) is 32.1 Å². The molecule has 0 atom stereocenters. The lowest BCUT2D eigenvalue weighted by atomic mass is 9.88. The molecule has 0 aliphatic carbocycles. The highest BCUT2D eigenvalue weighted by molar-refractivity contribution is 6.06. The van der Waals surface area contributed by atoms with Gasteiger partial charge in [-0.05, 0) is 75.5 Å². The van der Waals surface area contributed by atoms with E-state index in [0.717, 1.165) is 51.1 Å². The summed E-state index contributed by atoms with van der Waals surface area (Å²) in [5.74, 6) is 0.881. The number of hydrogen-bond donors (Lipinski definition) is 1. The maximum absolute atomic E-state index is 15.1. The highest BCUT2D eigenvalue weighted by Gasteiger charge is 2.25. The first-order valence-electron chi connectivity index (χ1n) is 11.5. The highest BCUT2D eigenvalue weighted by Crippen LogP contribution is 2.34. The molecule has 172 valence electrons. The van der Waals surface area contributed by atoms with Gasteiger partial charge in [0.25, 0.3) is 5.91 Å². The predicted molar refractivity (Wildman–Crippen MR) is 124 cm³/mol. The number of piperidine rings is 1. The van der Waals surface area contributed by atoms with Gasteiger partial charge < -0.3 is 19.5 Å². The number of carbonyl (C=O) groups is 1. The van der Waals surface area contributed by atoms with E-state index < -0.39 is 0 Å². The molecule has 4 heterocycles. The average molecular weight is 450 g/mol. The zero-order valence-corrected chi connectivity index (χ0v) is 18.8. The summed E-state index contributed by atoms with van der Waals surface area (Å²) in [5.41, 5.74) is 1.62. The molecule has 0 saturated carbocycles. The number of carbonyl (C=O) groups excluding carboxylic acids is 1. The van der Waals surface area contributed by atoms with Gasteiger partial charge >= 0.3 is 0 Å². The molecule has 7 nitrogen and oxygen atoms in total. The largest absolute Gasteiger partial charge is 0.493 e. The van der Waals surface area contributed by atoms with Crippen LogP contribution in [0.2, 0.25) is 0 Å². The number of halogens is 1. The predicted octanol–water partition coefficient (Wildman–Crippen LogP) is 4.32. The van der Waals surface area contributed by atoms with Crippen LogP contribution in [0.3, 0.4) is 0 Å². The Labute approximate surface area is 192 Å². The molecule has 2 aliphatic heterocycles. The summed E-state index contributed by atoms with van der Waals surface area (Å²) in [6.07, 6.45) is 7.03. The third-order valence-electron chi connectivity index (χ3n) is 6.49. The number of anilines is 1. The van der Waals surface area contributed by atoms with E-state index in [1.165, 1.54) is 6.07 Å². The molecule has 3 aromatic rings. The van der Waals surface area contributed by atoms with Crippen molar-refractivity contribution < 1.29 is 13.9 Å². The van der Waals surface area contributed by atoms with Crippen LogP contribution in [0.15, 0.2) is 42.7 Å². The summed E-state index contributed by atoms with van der Waals surface area (Å²) < 4.78 is 23.1. The fourth-order valence-corrected chi connectivity index (χ4v) is 4.60. The topological polar surface area (TPSA) is 72.3 Å². The summed E-state index contributed by atoms with van der Waals surface area (Å²) in [6, 6.07) is 8.52. The van der Waals surface area contributed by atoms with E-state index in [2.05, 4.69) is 27.2 Å². The van der Waals surface area contributed by atoms with Gasteiger partial charge in [-0.1, -0.05) is 6.07 Å². The number of amides is 1. The SMILES string of the molecule is CN1CCC(c2cc3c(cc2F)OCCCCn2ccnc2-c2cccc(n2)NC3=O)CC1. The smallest absolute Gasteiger partial charge is 0.260 e. The molecule has 2 aliphatic rings. The fourth-order valence-electron chi connectivity index (χ4n) is 4.60. The number of nitrogens with zero attached hydrogens (tertiary/aromatic N) is 4. The lowest BCUT2D eigenvalue weighted by Gasteiger charge is -2.29. The Morgan fingerprint density at radius 3 is 2.85 bits per heavy atom. The van der Waals surface area contributed by atoms with Crippen LogP contribution in [0.4, 0.5) is 10.2 Å². The number of aryl methyl sites for hydroxylation is 1. The normalized spacial score (nSPS) is 17.9. The number of aromatic nitrogens is 3. The minimum Gasteiger partial charge on any atom is -0.493 e. The first kappa shape index (κ1) is 21.6. The molecule has 1 N–H and O–H groups in total. The quantitative estimate of drug-likeness (QED) is 0.599. The summed E-state index contributed by atoms with van der Waals surface area (Å²) >= 11 is 0. The number of ether oxygens (including phenoxy) is 1. The van der Waals surface area contributed by atoms with Crippen molar-refractivity contribution >= 4 is 11.7 Å². The summed E-state index contributed by atoms with van der Waals surface area (Å²) in [6.45, 7) is 3.00. The van der Waals surface area contributed by atoms with Gasteiger partial charge in [0.05, 0.1) is 12.2 Å². The molecule has 1 aromatic carbocycles. The van der Waals surface area contributed by atoms with E-state index in [-0.39, 0.29) is 23.4 Å². The van der Waals surface area contributed by atoms with Crippen molar-refractivity contribution in [2.45, 2.75) is 38.1 Å². The van der Waals surface area contributed by atoms with Gasteiger partial charge in [0.2, 0.25) is 0 Å². The number of benzene rings is 1. The number of rotatable bonds is 1. The van der Waals surface area contributed by atoms with Gasteiger partial charge in [0.1, 0.15) is 23.1 Å². The Kier molecular flexibility index (Phi) is 6.09. The van der Waals surface area contributed by atoms with Gasteiger partial charge in [-0.2, -0.15) is 0 Å². The second-order valence-corrected chi connectivity index (χ2v) is 8.81. The van der Waals surface area contributed by atoms with Crippen molar-refractivity contribution in [3.05, 3.63) is 59.7 Å². The minimum absolute atomic E-state index is 0.0905. The second kappa shape index (κ2) is 9.31. The van der Waals surface area contributed by atoms with Crippen LogP contribution in [0.5, 0.6) is 5.75 Å². The lowest BCUT2D eigenvalue weighted by Crippen LogP contribution is -2.29. The van der Waals surface area contributed by atoms with E-state index >= 15 is 4.39 Å². The molecule has 5 rings (SSSR count). The maximum atomic E-state index is 15.1. The molecule has 1 amide bonds. The van der Waals surface area contributed by atoms with Crippen LogP contribution in [0.1, 0.15) is 47.5 Å². The monoisotopic (exact) mass is 449 g/mol. The Balaban J connectivity index is 1.50. The van der Waals surface area contributed by atoms with Crippen LogP contribution in [0.25, 0.3) is 11.5 Å². The van der Waals surface area contributed by atoms with E-state index in [4.69, 9.17) is 4.74 Å². The summed E-state index contributed by atoms with van der Waals surface area (Å²) in [4.78, 5) is 24.6. The number of imidazole rings is 1. The first-order chi connectivity index (χ1) is 16.1. The molecule has 0 spiro atoms. The molecule has 2 bridgehead atoms. The fraction of sp³-hybridized carbons (Fsp3) is 0.400. The van der Waals surface area contributed by atoms with Crippen molar-refractivity contribution in [3.63, 3.8) is 0 Å².